The molecule has 0 aromatic heterocycles. The monoisotopic (exact) mass is 574 g/mol. The van der Waals surface area contributed by atoms with Crippen molar-refractivity contribution < 1.29 is 33.6 Å². The Morgan fingerprint density at radius 3 is 2.41 bits per heavy atom. The second kappa shape index (κ2) is 16.8. The molecule has 2 heterocycles. The fourth-order valence-corrected chi connectivity index (χ4v) is 6.90. The number of rotatable bonds is 16. The molecular formula is C34H54O7. The molecule has 0 spiro atoms. The summed E-state index contributed by atoms with van der Waals surface area (Å²) in [4.78, 5) is 10.8. The topological polar surface area (TPSA) is 83.5 Å². The van der Waals surface area contributed by atoms with Gasteiger partial charge in [0.2, 0.25) is 0 Å². The van der Waals surface area contributed by atoms with Gasteiger partial charge in [-0.25, -0.2) is 4.79 Å². The Morgan fingerprint density at radius 2 is 1.76 bits per heavy atom. The van der Waals surface area contributed by atoms with E-state index in [0.717, 1.165) is 96.0 Å². The minimum absolute atomic E-state index is 0.0547. The molecule has 3 fully saturated rings. The van der Waals surface area contributed by atoms with E-state index < -0.39 is 5.97 Å². The van der Waals surface area contributed by atoms with Crippen molar-refractivity contribution in [2.24, 2.45) is 23.7 Å². The van der Waals surface area contributed by atoms with Gasteiger partial charge in [-0.15, -0.1) is 0 Å². The van der Waals surface area contributed by atoms with Crippen molar-refractivity contribution in [1.29, 1.82) is 0 Å². The first-order chi connectivity index (χ1) is 19.9. The lowest BCUT2D eigenvalue weighted by Crippen LogP contribution is -2.34. The van der Waals surface area contributed by atoms with Crippen LogP contribution in [0.15, 0.2) is 35.1 Å². The van der Waals surface area contributed by atoms with Gasteiger partial charge in [0.25, 0.3) is 0 Å². The van der Waals surface area contributed by atoms with E-state index in [1.807, 2.05) is 0 Å². The summed E-state index contributed by atoms with van der Waals surface area (Å²) >= 11 is 0. The summed E-state index contributed by atoms with van der Waals surface area (Å²) < 4.78 is 30.9. The second-order valence-corrected chi connectivity index (χ2v) is 12.8. The molecule has 7 heteroatoms. The first-order valence-electron chi connectivity index (χ1n) is 16.3. The summed E-state index contributed by atoms with van der Waals surface area (Å²) in [7, 11) is 0. The number of aliphatic carboxylic acids is 1. The van der Waals surface area contributed by atoms with Crippen LogP contribution < -0.4 is 0 Å². The van der Waals surface area contributed by atoms with E-state index in [1.54, 1.807) is 0 Å². The van der Waals surface area contributed by atoms with Crippen LogP contribution in [0.1, 0.15) is 104 Å². The van der Waals surface area contributed by atoms with Crippen LogP contribution in [-0.4, -0.2) is 56.2 Å². The van der Waals surface area contributed by atoms with Crippen molar-refractivity contribution in [3.05, 3.63) is 35.1 Å². The molecular weight excluding hydrogens is 520 g/mol. The van der Waals surface area contributed by atoms with Crippen LogP contribution in [0.2, 0.25) is 0 Å². The van der Waals surface area contributed by atoms with E-state index in [1.165, 1.54) is 17.6 Å². The van der Waals surface area contributed by atoms with Crippen LogP contribution >= 0.6 is 0 Å². The zero-order chi connectivity index (χ0) is 29.0. The van der Waals surface area contributed by atoms with Gasteiger partial charge in [0, 0.05) is 18.9 Å². The van der Waals surface area contributed by atoms with Crippen LogP contribution in [0.25, 0.3) is 0 Å². The van der Waals surface area contributed by atoms with E-state index >= 15 is 0 Å². The lowest BCUT2D eigenvalue weighted by Gasteiger charge is -2.34. The number of carboxylic acid groups (broad SMARTS) is 1. The van der Waals surface area contributed by atoms with Gasteiger partial charge in [-0.1, -0.05) is 30.2 Å². The van der Waals surface area contributed by atoms with E-state index in [0.29, 0.717) is 24.4 Å². The quantitative estimate of drug-likeness (QED) is 0.116. The minimum atomic E-state index is -0.921. The highest BCUT2D eigenvalue weighted by molar-refractivity contribution is 5.67. The molecule has 7 nitrogen and oxygen atoms in total. The standard InChI is InChI=1S/C34H54O7/c1-24(2)10-8-11-25(3)12-9-13-29(40-32-14-4-6-17-38-32)34-28-21-26(16-19-37-23-31(35)36)20-27(28)22-30(34)41-33-15-5-7-18-39-33/h10,13,20,25,27-28,30,32-34H,4-9,11-12,14-19,21-23H2,1-3H3,(H,35,36)/t25-,27-,28-,30-,32?,33?,34+/m1/s1. The molecule has 0 amide bonds. The number of allylic oxidation sites excluding steroid dienone is 4. The van der Waals surface area contributed by atoms with Crippen molar-refractivity contribution in [2.45, 2.75) is 123 Å². The third-order valence-corrected chi connectivity index (χ3v) is 9.07. The summed E-state index contributed by atoms with van der Waals surface area (Å²) in [6.45, 7) is 8.43. The van der Waals surface area contributed by atoms with Crippen molar-refractivity contribution in [2.75, 3.05) is 26.4 Å². The summed E-state index contributed by atoms with van der Waals surface area (Å²) in [5, 5.41) is 8.90. The lowest BCUT2D eigenvalue weighted by atomic mass is 9.87. The average molecular weight is 575 g/mol. The Kier molecular flexibility index (Phi) is 13.2. The molecule has 1 saturated carbocycles. The Hall–Kier alpha value is -1.67. The van der Waals surface area contributed by atoms with Gasteiger partial charge in [-0.3, -0.25) is 0 Å². The third-order valence-electron chi connectivity index (χ3n) is 9.07. The number of hydrogen-bond donors (Lipinski definition) is 1. The maximum atomic E-state index is 10.8. The summed E-state index contributed by atoms with van der Waals surface area (Å²) in [5.41, 5.74) is 2.76. The van der Waals surface area contributed by atoms with Crippen LogP contribution in [0, 0.1) is 23.7 Å². The maximum Gasteiger partial charge on any atom is 0.329 e. The molecule has 2 unspecified atom stereocenters. The highest BCUT2D eigenvalue weighted by Gasteiger charge is 2.49. The molecule has 7 atom stereocenters. The number of hydrogen-bond acceptors (Lipinski definition) is 6. The zero-order valence-electron chi connectivity index (χ0n) is 25.7. The van der Waals surface area contributed by atoms with Gasteiger partial charge in [0.1, 0.15) is 12.4 Å². The molecule has 0 radical (unpaired) electrons. The van der Waals surface area contributed by atoms with E-state index in [4.69, 9.17) is 28.8 Å². The predicted octanol–water partition coefficient (Wildman–Crippen LogP) is 7.56. The average Bonchev–Trinajstić information content (AvgIpc) is 3.48. The highest BCUT2D eigenvalue weighted by Crippen LogP contribution is 2.52. The minimum Gasteiger partial charge on any atom is -0.480 e. The highest BCUT2D eigenvalue weighted by atomic mass is 16.7. The van der Waals surface area contributed by atoms with Gasteiger partial charge < -0.3 is 28.8 Å². The Bertz CT molecular complexity index is 893. The maximum absolute atomic E-state index is 10.8. The molecule has 1 N–H and O–H groups in total. The van der Waals surface area contributed by atoms with Gasteiger partial charge in [-0.05, 0) is 115 Å². The van der Waals surface area contributed by atoms with E-state index in [-0.39, 0.29) is 31.2 Å². The van der Waals surface area contributed by atoms with Crippen LogP contribution in [0.4, 0.5) is 0 Å². The lowest BCUT2D eigenvalue weighted by molar-refractivity contribution is -0.200. The molecule has 4 aliphatic rings. The largest absolute Gasteiger partial charge is 0.480 e. The van der Waals surface area contributed by atoms with Crippen LogP contribution in [0.3, 0.4) is 0 Å². The van der Waals surface area contributed by atoms with Crippen LogP contribution in [-0.2, 0) is 28.5 Å². The molecule has 0 bridgehead atoms. The van der Waals surface area contributed by atoms with Crippen LogP contribution in [0.5, 0.6) is 0 Å². The Balaban J connectivity index is 1.47. The van der Waals surface area contributed by atoms with E-state index in [2.05, 4.69) is 39.0 Å². The summed E-state index contributed by atoms with van der Waals surface area (Å²) in [6, 6.07) is 0. The fourth-order valence-electron chi connectivity index (χ4n) is 6.90. The second-order valence-electron chi connectivity index (χ2n) is 12.8. The number of ether oxygens (including phenoxy) is 5. The molecule has 2 aliphatic heterocycles. The summed E-state index contributed by atoms with van der Waals surface area (Å²) in [5.74, 6) is 1.77. The molecule has 0 aromatic rings. The number of carbonyl (C=O) groups is 1. The summed E-state index contributed by atoms with van der Waals surface area (Å²) in [6.07, 6.45) is 20.4. The van der Waals surface area contributed by atoms with Gasteiger partial charge in [0.15, 0.2) is 12.6 Å². The number of fused-ring (bicyclic) bond motifs is 1. The first kappa shape index (κ1) is 32.2. The van der Waals surface area contributed by atoms with Gasteiger partial charge in [0.05, 0.1) is 19.3 Å². The van der Waals surface area contributed by atoms with Crippen molar-refractivity contribution >= 4 is 5.97 Å². The first-order valence-corrected chi connectivity index (χ1v) is 16.3. The Labute approximate surface area is 247 Å². The molecule has 41 heavy (non-hydrogen) atoms. The van der Waals surface area contributed by atoms with Gasteiger partial charge in [-0.2, -0.15) is 0 Å². The normalized spacial score (nSPS) is 30.9. The molecule has 2 saturated heterocycles. The smallest absolute Gasteiger partial charge is 0.329 e. The van der Waals surface area contributed by atoms with Crippen molar-refractivity contribution in [3.63, 3.8) is 0 Å². The van der Waals surface area contributed by atoms with Gasteiger partial charge >= 0.3 is 5.97 Å². The third kappa shape index (κ3) is 10.5. The van der Waals surface area contributed by atoms with Crippen molar-refractivity contribution in [3.8, 4) is 0 Å². The molecule has 2 aliphatic carbocycles. The molecule has 4 rings (SSSR count). The fraction of sp³-hybridized carbons (Fsp3) is 0.794. The molecule has 0 aromatic carbocycles. The zero-order valence-corrected chi connectivity index (χ0v) is 25.7. The Morgan fingerprint density at radius 1 is 1.05 bits per heavy atom. The van der Waals surface area contributed by atoms with E-state index in [9.17, 15) is 4.79 Å². The number of carboxylic acids is 1. The SMILES string of the molecule is CC(C)=CCC[C@@H](C)CCC=C(OC1CCCCO1)[C@@H]1[C@@H]2CC(CCOCC(=O)O)=C[C@@H]2C[C@H]1OC1CCCCO1. The van der Waals surface area contributed by atoms with Crippen molar-refractivity contribution in [1.82, 2.24) is 0 Å². The molecule has 232 valence electrons. The predicted molar refractivity (Wildman–Crippen MR) is 159 cm³/mol.